The fourth-order valence-electron chi connectivity index (χ4n) is 9.97. The van der Waals surface area contributed by atoms with Gasteiger partial charge in [-0.05, 0) is 120 Å². The summed E-state index contributed by atoms with van der Waals surface area (Å²) in [5.74, 6) is 0. The number of anilines is 6. The van der Waals surface area contributed by atoms with Crippen LogP contribution in [0.1, 0.15) is 0 Å². The van der Waals surface area contributed by atoms with Crippen molar-refractivity contribution in [3.8, 4) is 0 Å². The van der Waals surface area contributed by atoms with E-state index in [4.69, 9.17) is 17.7 Å². The van der Waals surface area contributed by atoms with E-state index < -0.39 is 0 Å². The van der Waals surface area contributed by atoms with Crippen LogP contribution in [0, 0.1) is 0 Å². The molecule has 0 amide bonds. The zero-order chi connectivity index (χ0) is 41.9. The summed E-state index contributed by atoms with van der Waals surface area (Å²) >= 11 is 0. The largest absolute Gasteiger partial charge is 0.456 e. The molecule has 6 nitrogen and oxygen atoms in total. The fraction of sp³-hybridized carbons (Fsp3) is 0. The minimum absolute atomic E-state index is 0.814. The molecule has 14 rings (SSSR count). The highest BCUT2D eigenvalue weighted by atomic mass is 16.3. The van der Waals surface area contributed by atoms with Crippen LogP contribution in [0.2, 0.25) is 0 Å². The Morgan fingerprint density at radius 1 is 0.203 bits per heavy atom. The second-order valence-electron chi connectivity index (χ2n) is 16.4. The molecule has 4 heterocycles. The lowest BCUT2D eigenvalue weighted by Crippen LogP contribution is -2.09. The first-order valence-electron chi connectivity index (χ1n) is 21.5. The van der Waals surface area contributed by atoms with Gasteiger partial charge in [0, 0.05) is 101 Å². The van der Waals surface area contributed by atoms with Gasteiger partial charge >= 0.3 is 0 Å². The summed E-state index contributed by atoms with van der Waals surface area (Å²) in [6.07, 6.45) is 0. The summed E-state index contributed by atoms with van der Waals surface area (Å²) in [6.45, 7) is 0. The molecule has 0 aliphatic rings. The Kier molecular flexibility index (Phi) is 7.30. The Labute approximate surface area is 364 Å². The predicted octanol–water partition coefficient (Wildman–Crippen LogP) is 17.4. The number of hydrogen-bond acceptors (Lipinski definition) is 6. The summed E-state index contributed by atoms with van der Waals surface area (Å²) in [7, 11) is 0. The van der Waals surface area contributed by atoms with Gasteiger partial charge in [-0.15, -0.1) is 0 Å². The van der Waals surface area contributed by atoms with Gasteiger partial charge in [0.2, 0.25) is 0 Å². The quantitative estimate of drug-likeness (QED) is 0.166. The molecule has 0 fully saturated rings. The summed E-state index contributed by atoms with van der Waals surface area (Å²) in [5.41, 5.74) is 12.8. The van der Waals surface area contributed by atoms with Crippen molar-refractivity contribution >= 4 is 133 Å². The van der Waals surface area contributed by atoms with Gasteiger partial charge in [-0.25, -0.2) is 0 Å². The molecule has 0 radical (unpaired) electrons. The Balaban J connectivity index is 0.890. The topological polar surface area (TPSA) is 59.0 Å². The Hall–Kier alpha value is -8.74. The number of fused-ring (bicyclic) bond motifs is 15. The second kappa shape index (κ2) is 13.4. The number of nitrogens with zero attached hydrogens (tertiary/aromatic N) is 2. The zero-order valence-electron chi connectivity index (χ0n) is 34.2. The van der Waals surface area contributed by atoms with Crippen molar-refractivity contribution in [1.82, 2.24) is 0 Å². The third-order valence-corrected chi connectivity index (χ3v) is 12.8. The number of benzene rings is 10. The minimum Gasteiger partial charge on any atom is -0.456 e. The first kappa shape index (κ1) is 34.9. The third-order valence-electron chi connectivity index (χ3n) is 12.8. The van der Waals surface area contributed by atoms with E-state index in [2.05, 4.69) is 180 Å². The van der Waals surface area contributed by atoms with E-state index in [1.165, 1.54) is 0 Å². The molecule has 0 bridgehead atoms. The van der Waals surface area contributed by atoms with Crippen molar-refractivity contribution in [3.05, 3.63) is 206 Å². The summed E-state index contributed by atoms with van der Waals surface area (Å²) in [5, 5.41) is 10.9. The van der Waals surface area contributed by atoms with Crippen LogP contribution < -0.4 is 9.80 Å². The van der Waals surface area contributed by atoms with Crippen LogP contribution in [-0.4, -0.2) is 0 Å². The lowest BCUT2D eigenvalue weighted by atomic mass is 9.99. The van der Waals surface area contributed by atoms with Crippen LogP contribution in [0.25, 0.3) is 98.5 Å². The molecule has 0 aliphatic heterocycles. The van der Waals surface area contributed by atoms with Gasteiger partial charge in [0.1, 0.15) is 44.7 Å². The molecule has 0 saturated carbocycles. The van der Waals surface area contributed by atoms with Crippen molar-refractivity contribution in [2.75, 3.05) is 9.80 Å². The lowest BCUT2D eigenvalue weighted by molar-refractivity contribution is 0.668. The van der Waals surface area contributed by atoms with Gasteiger partial charge in [0.25, 0.3) is 0 Å². The second-order valence-corrected chi connectivity index (χ2v) is 16.4. The van der Waals surface area contributed by atoms with Crippen LogP contribution in [0.15, 0.2) is 224 Å². The highest BCUT2D eigenvalue weighted by Gasteiger charge is 2.22. The molecular weight excluding hydrogens is 789 g/mol. The lowest BCUT2D eigenvalue weighted by Gasteiger charge is -2.25. The monoisotopic (exact) mass is 822 g/mol. The Morgan fingerprint density at radius 2 is 0.516 bits per heavy atom. The van der Waals surface area contributed by atoms with E-state index in [0.29, 0.717) is 0 Å². The molecule has 0 N–H and O–H groups in total. The smallest absolute Gasteiger partial charge is 0.137 e. The number of para-hydroxylation sites is 4. The van der Waals surface area contributed by atoms with E-state index >= 15 is 0 Å². The standard InChI is InChI=1S/C58H34N2O4/c1-3-11-35(12-4-1)59(37-19-23-43-41-15-7-9-17-49(41)61-53(43)31-37)39-21-25-47-55(33-39)63-51-29-27-46-45(57(47)51)28-30-52-58(46)48-26-22-40(34-56(48)64-52)60(36-13-5-2-6-14-36)38-20-24-44-42-16-8-10-18-50(42)62-54(44)32-38/h1-34H. The van der Waals surface area contributed by atoms with Crippen LogP contribution in [0.3, 0.4) is 0 Å². The molecule has 6 heteroatoms. The maximum Gasteiger partial charge on any atom is 0.137 e. The average molecular weight is 823 g/mol. The maximum atomic E-state index is 6.70. The van der Waals surface area contributed by atoms with Crippen molar-refractivity contribution in [2.45, 2.75) is 0 Å². The molecule has 300 valence electrons. The molecule has 64 heavy (non-hydrogen) atoms. The number of furan rings is 4. The van der Waals surface area contributed by atoms with Gasteiger partial charge in [-0.1, -0.05) is 72.8 Å². The molecule has 0 atom stereocenters. The van der Waals surface area contributed by atoms with Crippen LogP contribution in [0.4, 0.5) is 34.1 Å². The molecule has 4 aromatic heterocycles. The third kappa shape index (κ3) is 5.20. The van der Waals surface area contributed by atoms with Crippen molar-refractivity contribution in [3.63, 3.8) is 0 Å². The average Bonchev–Trinajstić information content (AvgIpc) is 4.11. The van der Waals surface area contributed by atoms with Crippen LogP contribution in [-0.2, 0) is 0 Å². The minimum atomic E-state index is 0.814. The summed E-state index contributed by atoms with van der Waals surface area (Å²) in [6, 6.07) is 71.7. The van der Waals surface area contributed by atoms with Gasteiger partial charge in [-0.2, -0.15) is 0 Å². The highest BCUT2D eigenvalue weighted by Crippen LogP contribution is 2.46. The van der Waals surface area contributed by atoms with Crippen molar-refractivity contribution in [1.29, 1.82) is 0 Å². The Morgan fingerprint density at radius 3 is 0.938 bits per heavy atom. The highest BCUT2D eigenvalue weighted by molar-refractivity contribution is 6.27. The number of rotatable bonds is 6. The molecular formula is C58H34N2O4. The van der Waals surface area contributed by atoms with E-state index in [-0.39, 0.29) is 0 Å². The normalized spacial score (nSPS) is 12.1. The van der Waals surface area contributed by atoms with E-state index in [9.17, 15) is 0 Å². The molecule has 0 unspecified atom stereocenters. The molecule has 10 aromatic carbocycles. The summed E-state index contributed by atoms with van der Waals surface area (Å²) in [4.78, 5) is 4.51. The SMILES string of the molecule is c1ccc(N(c2ccc3c(c2)oc2ccccc23)c2ccc3c(c2)oc2ccc4c(ccc5oc6cc(N(c7ccccc7)c7ccc8c(c7)oc7ccccc78)ccc6c54)c23)cc1. The molecule has 0 aliphatic carbocycles. The molecule has 14 aromatic rings. The van der Waals surface area contributed by atoms with Crippen LogP contribution >= 0.6 is 0 Å². The van der Waals surface area contributed by atoms with Gasteiger partial charge in [0.15, 0.2) is 0 Å². The van der Waals surface area contributed by atoms with E-state index in [1.54, 1.807) is 0 Å². The molecule has 0 saturated heterocycles. The van der Waals surface area contributed by atoms with Crippen molar-refractivity contribution in [2.24, 2.45) is 0 Å². The molecule has 0 spiro atoms. The predicted molar refractivity (Wildman–Crippen MR) is 262 cm³/mol. The van der Waals surface area contributed by atoms with E-state index in [1.807, 2.05) is 36.4 Å². The Bertz CT molecular complexity index is 3890. The first-order valence-corrected chi connectivity index (χ1v) is 21.5. The zero-order valence-corrected chi connectivity index (χ0v) is 34.2. The fourth-order valence-corrected chi connectivity index (χ4v) is 9.97. The maximum absolute atomic E-state index is 6.70. The van der Waals surface area contributed by atoms with Crippen molar-refractivity contribution < 1.29 is 17.7 Å². The van der Waals surface area contributed by atoms with Gasteiger partial charge < -0.3 is 27.5 Å². The first-order chi connectivity index (χ1) is 31.7. The van der Waals surface area contributed by atoms with Crippen LogP contribution in [0.5, 0.6) is 0 Å². The van der Waals surface area contributed by atoms with E-state index in [0.717, 1.165) is 133 Å². The summed E-state index contributed by atoms with van der Waals surface area (Å²) < 4.78 is 26.1. The number of hydrogen-bond donors (Lipinski definition) is 0. The van der Waals surface area contributed by atoms with Gasteiger partial charge in [0.05, 0.1) is 0 Å². The van der Waals surface area contributed by atoms with Gasteiger partial charge in [-0.3, -0.25) is 0 Å².